The third-order valence-electron chi connectivity index (χ3n) is 2.46. The summed E-state index contributed by atoms with van der Waals surface area (Å²) in [5.41, 5.74) is 1.97. The van der Waals surface area contributed by atoms with Gasteiger partial charge in [0.2, 0.25) is 0 Å². The smallest absolute Gasteiger partial charge is 0.267 e. The lowest BCUT2D eigenvalue weighted by molar-refractivity contribution is 0.704. The number of nitrogens with zero attached hydrogens (tertiary/aromatic N) is 2. The number of hydrogen-bond donors (Lipinski definition) is 0. The molecule has 0 aliphatic heterocycles. The maximum absolute atomic E-state index is 11.7. The average molecular weight is 188 g/mol. The molecule has 0 bridgehead atoms. The fraction of sp³-hybridized carbons (Fsp3) is 0.273. The number of aryl methyl sites for hydroxylation is 3. The lowest BCUT2D eigenvalue weighted by Gasteiger charge is -2.06. The molecule has 2 rings (SSSR count). The first kappa shape index (κ1) is 8.94. The largest absolute Gasteiger partial charge is 0.274 e. The summed E-state index contributed by atoms with van der Waals surface area (Å²) in [7, 11) is 1.68. The van der Waals surface area contributed by atoms with Crippen LogP contribution in [0.4, 0.5) is 0 Å². The zero-order valence-electron chi connectivity index (χ0n) is 8.53. The Kier molecular flexibility index (Phi) is 1.88. The van der Waals surface area contributed by atoms with Crippen molar-refractivity contribution < 1.29 is 0 Å². The molecule has 0 aliphatic carbocycles. The molecule has 1 aromatic heterocycles. The third-order valence-corrected chi connectivity index (χ3v) is 2.46. The van der Waals surface area contributed by atoms with Crippen molar-refractivity contribution in [3.05, 3.63) is 39.8 Å². The van der Waals surface area contributed by atoms with Gasteiger partial charge in [-0.3, -0.25) is 4.79 Å². The monoisotopic (exact) mass is 188 g/mol. The van der Waals surface area contributed by atoms with Crippen LogP contribution in [0.2, 0.25) is 0 Å². The molecular weight excluding hydrogens is 176 g/mol. The van der Waals surface area contributed by atoms with Gasteiger partial charge in [-0.15, -0.1) is 0 Å². The van der Waals surface area contributed by atoms with E-state index < -0.39 is 0 Å². The molecule has 3 nitrogen and oxygen atoms in total. The Morgan fingerprint density at radius 1 is 1.29 bits per heavy atom. The maximum Gasteiger partial charge on any atom is 0.274 e. The van der Waals surface area contributed by atoms with Gasteiger partial charge in [0, 0.05) is 12.4 Å². The fourth-order valence-corrected chi connectivity index (χ4v) is 1.82. The summed E-state index contributed by atoms with van der Waals surface area (Å²) in [5.74, 6) is 0. The summed E-state index contributed by atoms with van der Waals surface area (Å²) < 4.78 is 1.39. The van der Waals surface area contributed by atoms with E-state index in [0.717, 1.165) is 22.0 Å². The molecule has 0 saturated carbocycles. The predicted octanol–water partition coefficient (Wildman–Crippen LogP) is 1.55. The molecule has 14 heavy (non-hydrogen) atoms. The van der Waals surface area contributed by atoms with Gasteiger partial charge in [0.05, 0.1) is 11.1 Å². The molecule has 0 fully saturated rings. The van der Waals surface area contributed by atoms with Crippen LogP contribution in [0.25, 0.3) is 10.8 Å². The summed E-state index contributed by atoms with van der Waals surface area (Å²) in [6.07, 6.45) is 0. The molecule has 3 heteroatoms. The summed E-state index contributed by atoms with van der Waals surface area (Å²) in [6, 6.07) is 5.74. The van der Waals surface area contributed by atoms with Crippen LogP contribution in [0.15, 0.2) is 23.0 Å². The van der Waals surface area contributed by atoms with Crippen LogP contribution in [0, 0.1) is 13.8 Å². The highest BCUT2D eigenvalue weighted by Crippen LogP contribution is 2.16. The number of fused-ring (bicyclic) bond motifs is 1. The van der Waals surface area contributed by atoms with Gasteiger partial charge in [-0.05, 0) is 25.5 Å². The van der Waals surface area contributed by atoms with Crippen LogP contribution in [0.3, 0.4) is 0 Å². The molecule has 0 atom stereocenters. The maximum atomic E-state index is 11.7. The Morgan fingerprint density at radius 2 is 2.00 bits per heavy atom. The minimum atomic E-state index is -0.0331. The Hall–Kier alpha value is -1.64. The average Bonchev–Trinajstić information content (AvgIpc) is 2.14. The molecule has 0 N–H and O–H groups in total. The van der Waals surface area contributed by atoms with E-state index in [0.29, 0.717) is 0 Å². The third kappa shape index (κ3) is 1.13. The second kappa shape index (κ2) is 2.94. The first-order valence-electron chi connectivity index (χ1n) is 4.54. The van der Waals surface area contributed by atoms with Gasteiger partial charge in [-0.1, -0.05) is 12.1 Å². The zero-order chi connectivity index (χ0) is 10.3. The van der Waals surface area contributed by atoms with Crippen LogP contribution in [0.1, 0.15) is 11.3 Å². The fourth-order valence-electron chi connectivity index (χ4n) is 1.82. The molecule has 0 radical (unpaired) electrons. The van der Waals surface area contributed by atoms with E-state index in [-0.39, 0.29) is 5.56 Å². The highest BCUT2D eigenvalue weighted by Gasteiger charge is 2.06. The van der Waals surface area contributed by atoms with E-state index in [9.17, 15) is 4.79 Å². The van der Waals surface area contributed by atoms with Crippen LogP contribution >= 0.6 is 0 Å². The van der Waals surface area contributed by atoms with E-state index in [1.807, 2.05) is 32.0 Å². The Balaban J connectivity index is 3.10. The van der Waals surface area contributed by atoms with Gasteiger partial charge in [0.25, 0.3) is 5.56 Å². The van der Waals surface area contributed by atoms with E-state index in [4.69, 9.17) is 0 Å². The molecule has 1 aromatic carbocycles. The van der Waals surface area contributed by atoms with Crippen molar-refractivity contribution in [3.63, 3.8) is 0 Å². The van der Waals surface area contributed by atoms with Crippen molar-refractivity contribution in [2.45, 2.75) is 13.8 Å². The summed E-state index contributed by atoms with van der Waals surface area (Å²) in [4.78, 5) is 11.7. The van der Waals surface area contributed by atoms with Crippen molar-refractivity contribution in [2.75, 3.05) is 0 Å². The quantitative estimate of drug-likeness (QED) is 0.628. The standard InChI is InChI=1S/C11H12N2O/c1-7-5-4-6-9-10(7)8(2)12-13(3)11(9)14/h4-6H,1-3H3. The second-order valence-corrected chi connectivity index (χ2v) is 3.51. The SMILES string of the molecule is Cc1cccc2c(=O)n(C)nc(C)c12. The summed E-state index contributed by atoms with van der Waals surface area (Å²) in [5, 5.41) is 5.90. The molecule has 1 heterocycles. The minimum Gasteiger partial charge on any atom is -0.267 e. The van der Waals surface area contributed by atoms with E-state index in [1.165, 1.54) is 4.68 Å². The van der Waals surface area contributed by atoms with Gasteiger partial charge >= 0.3 is 0 Å². The first-order valence-corrected chi connectivity index (χ1v) is 4.54. The Labute approximate surface area is 82.0 Å². The van der Waals surface area contributed by atoms with Crippen molar-refractivity contribution in [2.24, 2.45) is 7.05 Å². The van der Waals surface area contributed by atoms with Crippen LogP contribution in [-0.4, -0.2) is 9.78 Å². The minimum absolute atomic E-state index is 0.0331. The van der Waals surface area contributed by atoms with Crippen LogP contribution in [0.5, 0.6) is 0 Å². The number of benzene rings is 1. The highest BCUT2D eigenvalue weighted by molar-refractivity contribution is 5.86. The second-order valence-electron chi connectivity index (χ2n) is 3.51. The van der Waals surface area contributed by atoms with Gasteiger partial charge in [-0.25, -0.2) is 4.68 Å². The van der Waals surface area contributed by atoms with Crippen LogP contribution < -0.4 is 5.56 Å². The van der Waals surface area contributed by atoms with Gasteiger partial charge in [0.15, 0.2) is 0 Å². The number of aromatic nitrogens is 2. The van der Waals surface area contributed by atoms with Crippen molar-refractivity contribution in [1.82, 2.24) is 9.78 Å². The van der Waals surface area contributed by atoms with E-state index in [2.05, 4.69) is 5.10 Å². The molecule has 0 amide bonds. The number of rotatable bonds is 0. The molecular formula is C11H12N2O. The molecule has 72 valence electrons. The molecule has 0 spiro atoms. The number of hydrogen-bond acceptors (Lipinski definition) is 2. The first-order chi connectivity index (χ1) is 6.61. The van der Waals surface area contributed by atoms with Gasteiger partial charge in [0.1, 0.15) is 0 Å². The predicted molar refractivity (Wildman–Crippen MR) is 56.5 cm³/mol. The van der Waals surface area contributed by atoms with Gasteiger partial charge < -0.3 is 0 Å². The molecule has 0 saturated heterocycles. The lowest BCUT2D eigenvalue weighted by atomic mass is 10.1. The highest BCUT2D eigenvalue weighted by atomic mass is 16.1. The van der Waals surface area contributed by atoms with Gasteiger partial charge in [-0.2, -0.15) is 5.10 Å². The lowest BCUT2D eigenvalue weighted by Crippen LogP contribution is -2.20. The topological polar surface area (TPSA) is 34.9 Å². The molecule has 0 unspecified atom stereocenters. The van der Waals surface area contributed by atoms with E-state index >= 15 is 0 Å². The summed E-state index contributed by atoms with van der Waals surface area (Å²) in [6.45, 7) is 3.92. The molecule has 2 aromatic rings. The van der Waals surface area contributed by atoms with Crippen molar-refractivity contribution in [1.29, 1.82) is 0 Å². The Bertz CT molecular complexity index is 555. The van der Waals surface area contributed by atoms with Crippen molar-refractivity contribution in [3.8, 4) is 0 Å². The van der Waals surface area contributed by atoms with Crippen molar-refractivity contribution >= 4 is 10.8 Å². The van der Waals surface area contributed by atoms with Crippen LogP contribution in [-0.2, 0) is 7.05 Å². The van der Waals surface area contributed by atoms with E-state index in [1.54, 1.807) is 7.05 Å². The zero-order valence-corrected chi connectivity index (χ0v) is 8.53. The summed E-state index contributed by atoms with van der Waals surface area (Å²) >= 11 is 0. The normalized spacial score (nSPS) is 10.8. The Morgan fingerprint density at radius 3 is 2.71 bits per heavy atom. The molecule has 0 aliphatic rings.